The fourth-order valence-electron chi connectivity index (χ4n) is 2.27. The van der Waals surface area contributed by atoms with Crippen molar-refractivity contribution in [1.29, 1.82) is 0 Å². The minimum atomic E-state index is 0.340. The summed E-state index contributed by atoms with van der Waals surface area (Å²) in [4.78, 5) is 0. The van der Waals surface area contributed by atoms with E-state index < -0.39 is 0 Å². The van der Waals surface area contributed by atoms with Gasteiger partial charge in [-0.1, -0.05) is 44.2 Å². The summed E-state index contributed by atoms with van der Waals surface area (Å²) in [5.74, 6) is 0.725. The molecule has 2 unspecified atom stereocenters. The van der Waals surface area contributed by atoms with Gasteiger partial charge in [0.05, 0.1) is 0 Å². The molecule has 0 aromatic heterocycles. The molecular formula is C13H19N. The van der Waals surface area contributed by atoms with Gasteiger partial charge in [0.2, 0.25) is 0 Å². The molecule has 0 aliphatic heterocycles. The number of hydrogen-bond donors (Lipinski definition) is 1. The molecule has 0 amide bonds. The highest BCUT2D eigenvalue weighted by atomic mass is 14.7. The van der Waals surface area contributed by atoms with Crippen molar-refractivity contribution in [3.05, 3.63) is 35.9 Å². The second-order valence-corrected chi connectivity index (χ2v) is 5.15. The van der Waals surface area contributed by atoms with Gasteiger partial charge in [0, 0.05) is 6.04 Å². The molecule has 2 atom stereocenters. The molecular weight excluding hydrogens is 170 g/mol. The maximum Gasteiger partial charge on any atom is 0.0113 e. The van der Waals surface area contributed by atoms with Crippen LogP contribution in [0.25, 0.3) is 0 Å². The Morgan fingerprint density at radius 3 is 2.43 bits per heavy atom. The molecule has 0 radical (unpaired) electrons. The molecule has 76 valence electrons. The number of hydrogen-bond acceptors (Lipinski definition) is 1. The summed E-state index contributed by atoms with van der Waals surface area (Å²) in [6.45, 7) is 4.62. The predicted octanol–water partition coefficient (Wildman–Crippen LogP) is 2.60. The first kappa shape index (κ1) is 9.72. The zero-order valence-corrected chi connectivity index (χ0v) is 9.03. The predicted molar refractivity (Wildman–Crippen MR) is 60.0 cm³/mol. The van der Waals surface area contributed by atoms with Gasteiger partial charge in [-0.15, -0.1) is 0 Å². The van der Waals surface area contributed by atoms with E-state index >= 15 is 0 Å². The van der Waals surface area contributed by atoms with Crippen molar-refractivity contribution in [2.45, 2.75) is 32.7 Å². The van der Waals surface area contributed by atoms with Crippen LogP contribution in [0.2, 0.25) is 0 Å². The molecule has 2 rings (SSSR count). The van der Waals surface area contributed by atoms with Crippen LogP contribution in [0, 0.1) is 11.3 Å². The summed E-state index contributed by atoms with van der Waals surface area (Å²) in [5, 5.41) is 0. The Balaban J connectivity index is 1.93. The second-order valence-electron chi connectivity index (χ2n) is 5.15. The molecule has 1 fully saturated rings. The largest absolute Gasteiger partial charge is 0.327 e. The molecule has 1 nitrogen and oxygen atoms in total. The molecule has 14 heavy (non-hydrogen) atoms. The molecule has 1 aliphatic rings. The van der Waals surface area contributed by atoms with E-state index in [2.05, 4.69) is 44.2 Å². The molecule has 0 spiro atoms. The van der Waals surface area contributed by atoms with Gasteiger partial charge in [-0.25, -0.2) is 0 Å². The highest BCUT2D eigenvalue weighted by Crippen LogP contribution is 2.53. The van der Waals surface area contributed by atoms with Crippen molar-refractivity contribution in [3.8, 4) is 0 Å². The molecule has 0 bridgehead atoms. The van der Waals surface area contributed by atoms with E-state index in [0.717, 1.165) is 12.3 Å². The van der Waals surface area contributed by atoms with Gasteiger partial charge in [-0.3, -0.25) is 0 Å². The van der Waals surface area contributed by atoms with Crippen LogP contribution in [0.3, 0.4) is 0 Å². The average Bonchev–Trinajstić information content (AvgIpc) is 2.77. The molecule has 0 saturated heterocycles. The highest BCUT2D eigenvalue weighted by Gasteiger charge is 2.48. The van der Waals surface area contributed by atoms with Crippen LogP contribution >= 0.6 is 0 Å². The number of nitrogens with two attached hydrogens (primary N) is 1. The highest BCUT2D eigenvalue weighted by molar-refractivity contribution is 5.17. The quantitative estimate of drug-likeness (QED) is 0.777. The van der Waals surface area contributed by atoms with E-state index in [4.69, 9.17) is 5.73 Å². The molecule has 1 aromatic carbocycles. The lowest BCUT2D eigenvalue weighted by Crippen LogP contribution is -2.27. The smallest absolute Gasteiger partial charge is 0.0113 e. The molecule has 1 heteroatoms. The van der Waals surface area contributed by atoms with Crippen molar-refractivity contribution < 1.29 is 0 Å². The Kier molecular flexibility index (Phi) is 2.36. The van der Waals surface area contributed by atoms with Gasteiger partial charge >= 0.3 is 0 Å². The van der Waals surface area contributed by atoms with Crippen LogP contribution in [0.4, 0.5) is 0 Å². The van der Waals surface area contributed by atoms with E-state index in [9.17, 15) is 0 Å². The SMILES string of the molecule is CC1(C)CC1C(N)Cc1ccccc1. The maximum atomic E-state index is 6.19. The van der Waals surface area contributed by atoms with Gasteiger partial charge in [-0.05, 0) is 29.7 Å². The molecule has 2 N–H and O–H groups in total. The normalized spacial score (nSPS) is 25.8. The Labute approximate surface area is 86.3 Å². The van der Waals surface area contributed by atoms with E-state index in [1.54, 1.807) is 0 Å². The topological polar surface area (TPSA) is 26.0 Å². The van der Waals surface area contributed by atoms with Crippen molar-refractivity contribution in [1.82, 2.24) is 0 Å². The zero-order chi connectivity index (χ0) is 10.2. The Bertz CT molecular complexity index is 302. The lowest BCUT2D eigenvalue weighted by atomic mass is 9.98. The van der Waals surface area contributed by atoms with Crippen LogP contribution in [0.15, 0.2) is 30.3 Å². The van der Waals surface area contributed by atoms with Crippen LogP contribution in [0.5, 0.6) is 0 Å². The summed E-state index contributed by atoms with van der Waals surface area (Å²) in [5.41, 5.74) is 8.04. The monoisotopic (exact) mass is 189 g/mol. The average molecular weight is 189 g/mol. The first-order valence-corrected chi connectivity index (χ1v) is 5.39. The minimum Gasteiger partial charge on any atom is -0.327 e. The summed E-state index contributed by atoms with van der Waals surface area (Å²) >= 11 is 0. The van der Waals surface area contributed by atoms with E-state index in [1.165, 1.54) is 12.0 Å². The number of rotatable bonds is 3. The molecule has 1 aromatic rings. The lowest BCUT2D eigenvalue weighted by molar-refractivity contribution is 0.476. The Hall–Kier alpha value is -0.820. The first-order chi connectivity index (χ1) is 6.59. The third kappa shape index (κ3) is 1.98. The van der Waals surface area contributed by atoms with Crippen LogP contribution < -0.4 is 5.73 Å². The summed E-state index contributed by atoms with van der Waals surface area (Å²) < 4.78 is 0. The summed E-state index contributed by atoms with van der Waals surface area (Å²) in [6, 6.07) is 10.9. The minimum absolute atomic E-state index is 0.340. The van der Waals surface area contributed by atoms with Gasteiger partial charge < -0.3 is 5.73 Å². The molecule has 1 saturated carbocycles. The third-order valence-corrected chi connectivity index (χ3v) is 3.42. The van der Waals surface area contributed by atoms with Gasteiger partial charge in [-0.2, -0.15) is 0 Å². The first-order valence-electron chi connectivity index (χ1n) is 5.39. The fourth-order valence-corrected chi connectivity index (χ4v) is 2.27. The van der Waals surface area contributed by atoms with E-state index in [0.29, 0.717) is 11.5 Å². The standard InChI is InChI=1S/C13H19N/c1-13(2)9-11(13)12(14)8-10-6-4-3-5-7-10/h3-7,11-12H,8-9,14H2,1-2H3. The van der Waals surface area contributed by atoms with Gasteiger partial charge in [0.1, 0.15) is 0 Å². The van der Waals surface area contributed by atoms with Crippen LogP contribution in [-0.4, -0.2) is 6.04 Å². The lowest BCUT2D eigenvalue weighted by Gasteiger charge is -2.13. The summed E-state index contributed by atoms with van der Waals surface area (Å²) in [6.07, 6.45) is 2.32. The third-order valence-electron chi connectivity index (χ3n) is 3.42. The maximum absolute atomic E-state index is 6.19. The fraction of sp³-hybridized carbons (Fsp3) is 0.538. The van der Waals surface area contributed by atoms with Crippen molar-refractivity contribution in [3.63, 3.8) is 0 Å². The Morgan fingerprint density at radius 2 is 1.93 bits per heavy atom. The van der Waals surface area contributed by atoms with Gasteiger partial charge in [0.25, 0.3) is 0 Å². The van der Waals surface area contributed by atoms with E-state index in [1.807, 2.05) is 0 Å². The van der Waals surface area contributed by atoms with Crippen molar-refractivity contribution in [2.24, 2.45) is 17.1 Å². The van der Waals surface area contributed by atoms with Gasteiger partial charge in [0.15, 0.2) is 0 Å². The van der Waals surface area contributed by atoms with Crippen LogP contribution in [0.1, 0.15) is 25.8 Å². The van der Waals surface area contributed by atoms with Crippen molar-refractivity contribution >= 4 is 0 Å². The zero-order valence-electron chi connectivity index (χ0n) is 9.03. The van der Waals surface area contributed by atoms with Crippen molar-refractivity contribution in [2.75, 3.05) is 0 Å². The van der Waals surface area contributed by atoms with Crippen LogP contribution in [-0.2, 0) is 6.42 Å². The molecule has 1 aliphatic carbocycles. The number of benzene rings is 1. The van der Waals surface area contributed by atoms with E-state index in [-0.39, 0.29) is 0 Å². The summed E-state index contributed by atoms with van der Waals surface area (Å²) in [7, 11) is 0. The molecule has 0 heterocycles. The second kappa shape index (κ2) is 3.39. The Morgan fingerprint density at radius 1 is 1.36 bits per heavy atom.